The van der Waals surface area contributed by atoms with Gasteiger partial charge in [0.25, 0.3) is 0 Å². The van der Waals surface area contributed by atoms with Crippen molar-refractivity contribution in [3.8, 4) is 11.3 Å². The highest BCUT2D eigenvalue weighted by Gasteiger charge is 2.34. The molecule has 10 heteroatoms. The lowest BCUT2D eigenvalue weighted by Gasteiger charge is -2.21. The summed E-state index contributed by atoms with van der Waals surface area (Å²) in [5.41, 5.74) is 2.94. The minimum Gasteiger partial charge on any atom is -0.479 e. The Labute approximate surface area is 175 Å². The van der Waals surface area contributed by atoms with E-state index in [2.05, 4.69) is 9.97 Å². The summed E-state index contributed by atoms with van der Waals surface area (Å²) in [5.74, 6) is -1.78. The zero-order valence-corrected chi connectivity index (χ0v) is 15.9. The topological polar surface area (TPSA) is 178 Å². The normalized spacial score (nSPS) is 15.7. The van der Waals surface area contributed by atoms with Crippen LogP contribution in [0, 0.1) is 0 Å². The molecule has 0 saturated carbocycles. The second kappa shape index (κ2) is 9.06. The van der Waals surface area contributed by atoms with Gasteiger partial charge in [-0.15, -0.1) is 0 Å². The van der Waals surface area contributed by atoms with Crippen LogP contribution in [0.25, 0.3) is 22.0 Å². The highest BCUT2D eigenvalue weighted by molar-refractivity contribution is 6.23. The number of nitrogens with zero attached hydrogens (tertiary/aromatic N) is 2. The SMILES string of the molecule is O=C1c2ccccc2-c2nccc3ccnc1c23.O=C[C@H](O)[C@@H](O)[C@H](O)[C@H](O)C(=O)O. The molecule has 160 valence electrons. The summed E-state index contributed by atoms with van der Waals surface area (Å²) in [4.78, 5) is 41.0. The first-order chi connectivity index (χ1) is 14.8. The maximum atomic E-state index is 12.4. The second-order valence-corrected chi connectivity index (χ2v) is 6.68. The maximum absolute atomic E-state index is 12.4. The Balaban J connectivity index is 0.000000188. The van der Waals surface area contributed by atoms with E-state index in [1.54, 1.807) is 12.4 Å². The molecule has 0 spiro atoms. The number of pyridine rings is 2. The van der Waals surface area contributed by atoms with E-state index in [9.17, 15) is 14.4 Å². The number of carboxylic acids is 1. The lowest BCUT2D eigenvalue weighted by atomic mass is 9.89. The van der Waals surface area contributed by atoms with Gasteiger partial charge in [-0.3, -0.25) is 14.8 Å². The predicted molar refractivity (Wildman–Crippen MR) is 106 cm³/mol. The van der Waals surface area contributed by atoms with Gasteiger partial charge in [-0.1, -0.05) is 24.3 Å². The zero-order valence-electron chi connectivity index (χ0n) is 15.9. The summed E-state index contributed by atoms with van der Waals surface area (Å²) in [7, 11) is 0. The minimum absolute atomic E-state index is 0.0169. The van der Waals surface area contributed by atoms with Crippen LogP contribution in [0.4, 0.5) is 0 Å². The molecule has 10 nitrogen and oxygen atoms in total. The fourth-order valence-corrected chi connectivity index (χ4v) is 3.13. The van der Waals surface area contributed by atoms with Gasteiger partial charge in [0.1, 0.15) is 24.0 Å². The highest BCUT2D eigenvalue weighted by Crippen LogP contribution is 2.36. The first-order valence-corrected chi connectivity index (χ1v) is 9.06. The van der Waals surface area contributed by atoms with Crippen molar-refractivity contribution in [2.24, 2.45) is 0 Å². The molecule has 0 aliphatic heterocycles. The number of aliphatic carboxylic acids is 1. The Morgan fingerprint density at radius 2 is 1.45 bits per heavy atom. The molecule has 4 atom stereocenters. The molecule has 2 heterocycles. The van der Waals surface area contributed by atoms with E-state index in [0.717, 1.165) is 22.0 Å². The molecule has 0 bridgehead atoms. The Kier molecular flexibility index (Phi) is 6.47. The summed E-state index contributed by atoms with van der Waals surface area (Å²) in [6.07, 6.45) is -4.95. The summed E-state index contributed by atoms with van der Waals surface area (Å²) < 4.78 is 0. The summed E-state index contributed by atoms with van der Waals surface area (Å²) in [6, 6.07) is 11.4. The van der Waals surface area contributed by atoms with E-state index >= 15 is 0 Å². The quantitative estimate of drug-likeness (QED) is 0.263. The molecule has 1 aliphatic carbocycles. The molecule has 4 rings (SSSR count). The number of aliphatic hydroxyl groups is 4. The van der Waals surface area contributed by atoms with E-state index in [1.165, 1.54) is 0 Å². The molecule has 0 radical (unpaired) electrons. The highest BCUT2D eigenvalue weighted by atomic mass is 16.4. The number of aliphatic hydroxyl groups excluding tert-OH is 4. The molecule has 3 aromatic rings. The third-order valence-corrected chi connectivity index (χ3v) is 4.74. The Bertz CT molecular complexity index is 1140. The Morgan fingerprint density at radius 1 is 0.871 bits per heavy atom. The number of hydrogen-bond acceptors (Lipinski definition) is 9. The Morgan fingerprint density at radius 3 is 2.03 bits per heavy atom. The van der Waals surface area contributed by atoms with Gasteiger partial charge in [0.15, 0.2) is 12.4 Å². The van der Waals surface area contributed by atoms with Crippen molar-refractivity contribution >= 4 is 28.8 Å². The standard InChI is InChI=1S/C15H8N2O.C6H10O7/c18-15-11-4-2-1-3-10(11)13-12-9(5-7-16-13)6-8-17-14(12)15;7-1-2(8)3(9)4(10)5(11)6(12)13/h1-8H;1-5,8-11H,(H,12,13)/t;2-,3+,4-,5-/m.0/s1. The van der Waals surface area contributed by atoms with Crippen LogP contribution < -0.4 is 0 Å². The number of carboxylic acid groups (broad SMARTS) is 1. The van der Waals surface area contributed by atoms with E-state index in [4.69, 9.17) is 25.5 Å². The molecule has 1 aliphatic rings. The molecule has 0 amide bonds. The van der Waals surface area contributed by atoms with E-state index in [1.807, 2.05) is 36.4 Å². The van der Waals surface area contributed by atoms with Gasteiger partial charge in [0, 0.05) is 28.9 Å². The van der Waals surface area contributed by atoms with Crippen LogP contribution in [0.3, 0.4) is 0 Å². The first-order valence-electron chi connectivity index (χ1n) is 9.06. The molecule has 2 aromatic heterocycles. The van der Waals surface area contributed by atoms with E-state index in [0.29, 0.717) is 11.3 Å². The molecule has 5 N–H and O–H groups in total. The lowest BCUT2D eigenvalue weighted by molar-refractivity contribution is -0.163. The first kappa shape index (κ1) is 22.1. The fourth-order valence-electron chi connectivity index (χ4n) is 3.13. The van der Waals surface area contributed by atoms with Crippen LogP contribution in [-0.2, 0) is 9.59 Å². The molecule has 31 heavy (non-hydrogen) atoms. The lowest BCUT2D eigenvalue weighted by Crippen LogP contribution is -2.48. The monoisotopic (exact) mass is 426 g/mol. The van der Waals surface area contributed by atoms with Gasteiger partial charge in [0.05, 0.1) is 5.69 Å². The van der Waals surface area contributed by atoms with Crippen molar-refractivity contribution in [1.82, 2.24) is 9.97 Å². The van der Waals surface area contributed by atoms with Crippen LogP contribution in [0.5, 0.6) is 0 Å². The smallest absolute Gasteiger partial charge is 0.335 e. The van der Waals surface area contributed by atoms with Crippen LogP contribution in [-0.4, -0.2) is 78.0 Å². The summed E-state index contributed by atoms with van der Waals surface area (Å²) in [5, 5.41) is 45.1. The molecule has 0 unspecified atom stereocenters. The van der Waals surface area contributed by atoms with Crippen molar-refractivity contribution in [1.29, 1.82) is 0 Å². The van der Waals surface area contributed by atoms with Gasteiger partial charge < -0.3 is 30.3 Å². The number of hydrogen-bond donors (Lipinski definition) is 5. The van der Waals surface area contributed by atoms with Crippen LogP contribution in [0.15, 0.2) is 48.8 Å². The third-order valence-electron chi connectivity index (χ3n) is 4.74. The van der Waals surface area contributed by atoms with Crippen molar-refractivity contribution in [3.05, 3.63) is 60.0 Å². The average Bonchev–Trinajstić information content (AvgIpc) is 2.80. The van der Waals surface area contributed by atoms with Crippen LogP contribution in [0.1, 0.15) is 16.1 Å². The minimum atomic E-state index is -2.25. The van der Waals surface area contributed by atoms with Gasteiger partial charge in [-0.2, -0.15) is 0 Å². The summed E-state index contributed by atoms with van der Waals surface area (Å²) >= 11 is 0. The molecule has 0 fully saturated rings. The number of benzene rings is 1. The Hall–Kier alpha value is -3.57. The predicted octanol–water partition coefficient (Wildman–Crippen LogP) is -0.445. The number of aldehydes is 1. The van der Waals surface area contributed by atoms with Crippen molar-refractivity contribution in [2.45, 2.75) is 24.4 Å². The van der Waals surface area contributed by atoms with Gasteiger partial charge in [-0.05, 0) is 17.5 Å². The number of carbonyl (C=O) groups is 3. The molecular weight excluding hydrogens is 408 g/mol. The number of aromatic nitrogens is 2. The van der Waals surface area contributed by atoms with Crippen molar-refractivity contribution < 1.29 is 39.9 Å². The number of fused-ring (bicyclic) bond motifs is 2. The molecule has 0 saturated heterocycles. The fraction of sp³-hybridized carbons (Fsp3) is 0.190. The van der Waals surface area contributed by atoms with Crippen molar-refractivity contribution in [2.75, 3.05) is 0 Å². The third kappa shape index (κ3) is 4.18. The second-order valence-electron chi connectivity index (χ2n) is 6.68. The number of rotatable bonds is 5. The largest absolute Gasteiger partial charge is 0.479 e. The zero-order chi connectivity index (χ0) is 22.7. The maximum Gasteiger partial charge on any atom is 0.335 e. The number of carbonyl (C=O) groups excluding carboxylic acids is 2. The summed E-state index contributed by atoms with van der Waals surface area (Å²) in [6.45, 7) is 0. The van der Waals surface area contributed by atoms with E-state index in [-0.39, 0.29) is 12.1 Å². The van der Waals surface area contributed by atoms with Crippen molar-refractivity contribution in [3.63, 3.8) is 0 Å². The van der Waals surface area contributed by atoms with Gasteiger partial charge >= 0.3 is 5.97 Å². The van der Waals surface area contributed by atoms with Crippen LogP contribution in [0.2, 0.25) is 0 Å². The average molecular weight is 426 g/mol. The number of ketones is 1. The van der Waals surface area contributed by atoms with Crippen LogP contribution >= 0.6 is 0 Å². The van der Waals surface area contributed by atoms with E-state index < -0.39 is 30.4 Å². The van der Waals surface area contributed by atoms with Gasteiger partial charge in [-0.25, -0.2) is 4.79 Å². The molecular formula is C21H18N2O8. The molecule has 1 aromatic carbocycles. The van der Waals surface area contributed by atoms with Gasteiger partial charge in [0.2, 0.25) is 5.78 Å².